The zero-order chi connectivity index (χ0) is 18.1. The minimum absolute atomic E-state index is 0.254. The summed E-state index contributed by atoms with van der Waals surface area (Å²) < 4.78 is 20.4. The van der Waals surface area contributed by atoms with Crippen LogP contribution in [-0.2, 0) is 4.43 Å². The van der Waals surface area contributed by atoms with Gasteiger partial charge in [-0.15, -0.1) is 0 Å². The molecule has 0 aliphatic heterocycles. The zero-order valence-electron chi connectivity index (χ0n) is 15.8. The standard InChI is InChI=1S/C19H31ClFNOSi/c1-12(2)24(13(3)4,14(5)6)23-17-8-7-15(9-17)18-10-16(21)11-22-19(18)20/h10-15,17H,7-9H2,1-6H3/t15?,17-/m0/s1. The van der Waals surface area contributed by atoms with Crippen LogP contribution in [-0.4, -0.2) is 19.4 Å². The highest BCUT2D eigenvalue weighted by Crippen LogP contribution is 2.47. The van der Waals surface area contributed by atoms with Crippen LogP contribution in [0, 0.1) is 5.82 Å². The average molecular weight is 372 g/mol. The maximum Gasteiger partial charge on any atom is 0.200 e. The van der Waals surface area contributed by atoms with Gasteiger partial charge in [0.05, 0.1) is 6.20 Å². The summed E-state index contributed by atoms with van der Waals surface area (Å²) >= 11 is 6.20. The van der Waals surface area contributed by atoms with E-state index < -0.39 is 8.32 Å². The second-order valence-electron chi connectivity index (χ2n) is 8.10. The fourth-order valence-electron chi connectivity index (χ4n) is 4.75. The number of aromatic nitrogens is 1. The SMILES string of the molecule is CC(C)[Si](O[C@H]1CCC(c2cc(F)cnc2Cl)C1)(C(C)C)C(C)C. The lowest BCUT2D eigenvalue weighted by Gasteiger charge is -2.44. The largest absolute Gasteiger partial charge is 0.413 e. The normalized spacial score (nSPS) is 22.1. The molecule has 1 aromatic heterocycles. The molecule has 5 heteroatoms. The smallest absolute Gasteiger partial charge is 0.200 e. The molecule has 2 rings (SSSR count). The molecule has 136 valence electrons. The molecule has 0 bridgehead atoms. The third kappa shape index (κ3) is 3.86. The van der Waals surface area contributed by atoms with Crippen molar-refractivity contribution < 1.29 is 8.82 Å². The molecule has 0 radical (unpaired) electrons. The van der Waals surface area contributed by atoms with Gasteiger partial charge in [0.2, 0.25) is 8.32 Å². The predicted octanol–water partition coefficient (Wildman–Crippen LogP) is 6.70. The van der Waals surface area contributed by atoms with Gasteiger partial charge in [-0.1, -0.05) is 53.1 Å². The topological polar surface area (TPSA) is 22.1 Å². The van der Waals surface area contributed by atoms with E-state index in [1.165, 1.54) is 6.20 Å². The third-order valence-electron chi connectivity index (χ3n) is 5.74. The minimum atomic E-state index is -1.87. The molecule has 1 heterocycles. The molecule has 1 aliphatic carbocycles. The second-order valence-corrected chi connectivity index (χ2v) is 13.9. The van der Waals surface area contributed by atoms with E-state index in [4.69, 9.17) is 16.0 Å². The number of hydrogen-bond donors (Lipinski definition) is 0. The lowest BCUT2D eigenvalue weighted by molar-refractivity contribution is 0.179. The summed E-state index contributed by atoms with van der Waals surface area (Å²) in [5.74, 6) is -0.0575. The number of hydrogen-bond acceptors (Lipinski definition) is 2. The van der Waals surface area contributed by atoms with Gasteiger partial charge in [-0.25, -0.2) is 9.37 Å². The number of rotatable bonds is 6. The van der Waals surface area contributed by atoms with E-state index in [9.17, 15) is 4.39 Å². The van der Waals surface area contributed by atoms with Crippen molar-refractivity contribution >= 4 is 19.9 Å². The lowest BCUT2D eigenvalue weighted by Crippen LogP contribution is -2.49. The summed E-state index contributed by atoms with van der Waals surface area (Å²) in [6.45, 7) is 13.9. The van der Waals surface area contributed by atoms with E-state index in [0.717, 1.165) is 24.8 Å². The Hall–Kier alpha value is -0.453. The second kappa shape index (κ2) is 7.84. The summed E-state index contributed by atoms with van der Waals surface area (Å²) in [5, 5.41) is 0.433. The Bertz CT molecular complexity index is 543. The summed E-state index contributed by atoms with van der Waals surface area (Å²) in [6, 6.07) is 1.54. The minimum Gasteiger partial charge on any atom is -0.413 e. The van der Waals surface area contributed by atoms with Crippen LogP contribution in [0.1, 0.15) is 72.3 Å². The maximum atomic E-state index is 13.5. The van der Waals surface area contributed by atoms with E-state index >= 15 is 0 Å². The molecule has 2 nitrogen and oxygen atoms in total. The average Bonchev–Trinajstić information content (AvgIpc) is 2.94. The molecular weight excluding hydrogens is 341 g/mol. The molecule has 0 N–H and O–H groups in total. The summed E-state index contributed by atoms with van der Waals surface area (Å²) in [5.41, 5.74) is 2.58. The first kappa shape index (κ1) is 19.9. The van der Waals surface area contributed by atoms with E-state index in [1.807, 2.05) is 0 Å². The van der Waals surface area contributed by atoms with Crippen LogP contribution in [0.4, 0.5) is 4.39 Å². The molecule has 1 unspecified atom stereocenters. The van der Waals surface area contributed by atoms with Crippen LogP contribution in [0.25, 0.3) is 0 Å². The Labute approximate surface area is 152 Å². The van der Waals surface area contributed by atoms with E-state index in [-0.39, 0.29) is 17.8 Å². The van der Waals surface area contributed by atoms with Gasteiger partial charge in [0.25, 0.3) is 0 Å². The van der Waals surface area contributed by atoms with Gasteiger partial charge >= 0.3 is 0 Å². The quantitative estimate of drug-likeness (QED) is 0.409. The highest BCUT2D eigenvalue weighted by atomic mass is 35.5. The van der Waals surface area contributed by atoms with E-state index in [0.29, 0.717) is 21.8 Å². The van der Waals surface area contributed by atoms with E-state index in [2.05, 4.69) is 46.5 Å². The highest BCUT2D eigenvalue weighted by Gasteiger charge is 2.47. The van der Waals surface area contributed by atoms with Gasteiger partial charge in [0, 0.05) is 6.10 Å². The molecule has 1 aromatic rings. The van der Waals surface area contributed by atoms with Crippen molar-refractivity contribution in [3.8, 4) is 0 Å². The van der Waals surface area contributed by atoms with Crippen molar-refractivity contribution in [2.45, 2.75) is 89.5 Å². The molecule has 0 saturated heterocycles. The van der Waals surface area contributed by atoms with Crippen LogP contribution >= 0.6 is 11.6 Å². The number of halogens is 2. The van der Waals surface area contributed by atoms with Crippen molar-refractivity contribution in [2.75, 3.05) is 0 Å². The van der Waals surface area contributed by atoms with Gasteiger partial charge < -0.3 is 4.43 Å². The van der Waals surface area contributed by atoms with Gasteiger partial charge in [0.15, 0.2) is 0 Å². The summed E-state index contributed by atoms with van der Waals surface area (Å²) in [4.78, 5) is 3.97. The van der Waals surface area contributed by atoms with Crippen molar-refractivity contribution in [2.24, 2.45) is 0 Å². The van der Waals surface area contributed by atoms with Crippen molar-refractivity contribution in [3.05, 3.63) is 28.8 Å². The van der Waals surface area contributed by atoms with Crippen LogP contribution < -0.4 is 0 Å². The molecule has 1 aliphatic rings. The summed E-state index contributed by atoms with van der Waals surface area (Å²) in [6.07, 6.45) is 4.38. The third-order valence-corrected chi connectivity index (χ3v) is 12.2. The first-order valence-electron chi connectivity index (χ1n) is 9.17. The molecule has 0 spiro atoms. The zero-order valence-corrected chi connectivity index (χ0v) is 17.5. The Morgan fingerprint density at radius 2 is 1.71 bits per heavy atom. The fraction of sp³-hybridized carbons (Fsp3) is 0.737. The molecule has 2 atom stereocenters. The Kier molecular flexibility index (Phi) is 6.49. The lowest BCUT2D eigenvalue weighted by atomic mass is 9.99. The highest BCUT2D eigenvalue weighted by molar-refractivity contribution is 6.77. The van der Waals surface area contributed by atoms with Gasteiger partial charge in [-0.05, 0) is 53.4 Å². The predicted molar refractivity (Wildman–Crippen MR) is 102 cm³/mol. The molecule has 1 saturated carbocycles. The first-order valence-corrected chi connectivity index (χ1v) is 11.7. The van der Waals surface area contributed by atoms with Gasteiger partial charge in [0.1, 0.15) is 11.0 Å². The van der Waals surface area contributed by atoms with Crippen LogP contribution in [0.3, 0.4) is 0 Å². The van der Waals surface area contributed by atoms with Gasteiger partial charge in [-0.2, -0.15) is 0 Å². The Morgan fingerprint density at radius 1 is 1.12 bits per heavy atom. The van der Waals surface area contributed by atoms with Crippen molar-refractivity contribution in [3.63, 3.8) is 0 Å². The molecule has 1 fully saturated rings. The van der Waals surface area contributed by atoms with E-state index in [1.54, 1.807) is 6.07 Å². The molecular formula is C19H31ClFNOSi. The monoisotopic (exact) mass is 371 g/mol. The maximum absolute atomic E-state index is 13.5. The molecule has 0 amide bonds. The molecule has 0 aromatic carbocycles. The molecule has 24 heavy (non-hydrogen) atoms. The summed E-state index contributed by atoms with van der Waals surface area (Å²) in [7, 11) is -1.87. The van der Waals surface area contributed by atoms with Gasteiger partial charge in [-0.3, -0.25) is 0 Å². The van der Waals surface area contributed by atoms with Crippen LogP contribution in [0.15, 0.2) is 12.3 Å². The Morgan fingerprint density at radius 3 is 2.25 bits per heavy atom. The first-order chi connectivity index (χ1) is 11.2. The van der Waals surface area contributed by atoms with Crippen LogP contribution in [0.2, 0.25) is 21.8 Å². The van der Waals surface area contributed by atoms with Crippen molar-refractivity contribution in [1.29, 1.82) is 0 Å². The van der Waals surface area contributed by atoms with Crippen LogP contribution in [0.5, 0.6) is 0 Å². The van der Waals surface area contributed by atoms with Crippen molar-refractivity contribution in [1.82, 2.24) is 4.98 Å². The number of nitrogens with zero attached hydrogens (tertiary/aromatic N) is 1. The number of pyridine rings is 1. The fourth-order valence-corrected chi connectivity index (χ4v) is 10.6. The Balaban J connectivity index is 2.16.